The number of fused-ring (bicyclic) bond motifs is 1. The first-order valence-electron chi connectivity index (χ1n) is 9.43. The first-order chi connectivity index (χ1) is 14.5. The molecule has 6 nitrogen and oxygen atoms in total. The lowest BCUT2D eigenvalue weighted by atomic mass is 10.1. The molecule has 0 spiro atoms. The van der Waals surface area contributed by atoms with Crippen molar-refractivity contribution < 1.29 is 12.8 Å². The normalized spacial score (nSPS) is 11.4. The Labute approximate surface area is 174 Å². The van der Waals surface area contributed by atoms with Crippen molar-refractivity contribution in [3.63, 3.8) is 0 Å². The number of sulfone groups is 1. The van der Waals surface area contributed by atoms with Crippen LogP contribution in [-0.2, 0) is 16.4 Å². The van der Waals surface area contributed by atoms with Crippen LogP contribution >= 0.6 is 0 Å². The number of hydrogen-bond acceptors (Lipinski definition) is 6. The molecule has 0 radical (unpaired) electrons. The number of hydrogen-bond donors (Lipinski definition) is 1. The molecule has 2 heterocycles. The number of nitriles is 1. The number of nitrogens with one attached hydrogen (secondary N) is 1. The number of pyridine rings is 1. The summed E-state index contributed by atoms with van der Waals surface area (Å²) in [5.74, 6) is 1.44. The van der Waals surface area contributed by atoms with Crippen LogP contribution in [0, 0.1) is 11.3 Å². The van der Waals surface area contributed by atoms with E-state index in [4.69, 9.17) is 9.68 Å². The topological polar surface area (TPSA) is 96.0 Å². The minimum Gasteiger partial charge on any atom is -0.460 e. The first-order valence-corrected chi connectivity index (χ1v) is 11.1. The second-order valence-electron chi connectivity index (χ2n) is 6.82. The Morgan fingerprint density at radius 2 is 1.87 bits per heavy atom. The molecule has 0 bridgehead atoms. The molecule has 0 aliphatic carbocycles. The second-order valence-corrected chi connectivity index (χ2v) is 8.93. The molecule has 4 rings (SSSR count). The minimum absolute atomic E-state index is 0.0195. The van der Waals surface area contributed by atoms with Crippen LogP contribution < -0.4 is 5.32 Å². The largest absolute Gasteiger partial charge is 0.460 e. The highest BCUT2D eigenvalue weighted by Gasteiger charge is 2.13. The zero-order valence-electron chi connectivity index (χ0n) is 16.1. The van der Waals surface area contributed by atoms with Crippen LogP contribution in [0.5, 0.6) is 0 Å². The van der Waals surface area contributed by atoms with E-state index in [1.165, 1.54) is 0 Å². The molecule has 2 aromatic heterocycles. The third-order valence-electron chi connectivity index (χ3n) is 4.71. The number of furan rings is 1. The third kappa shape index (κ3) is 4.40. The lowest BCUT2D eigenvalue weighted by Crippen LogP contribution is -2.22. The van der Waals surface area contributed by atoms with Crippen molar-refractivity contribution in [2.45, 2.75) is 11.4 Å². The summed E-state index contributed by atoms with van der Waals surface area (Å²) in [6, 6.07) is 21.8. The highest BCUT2D eigenvalue weighted by molar-refractivity contribution is 7.91. The zero-order valence-corrected chi connectivity index (χ0v) is 16.9. The van der Waals surface area contributed by atoms with Crippen molar-refractivity contribution in [3.05, 3.63) is 84.3 Å². The summed E-state index contributed by atoms with van der Waals surface area (Å²) in [7, 11) is -3.30. The minimum atomic E-state index is -3.30. The molecule has 1 N–H and O–H groups in total. The molecule has 7 heteroatoms. The van der Waals surface area contributed by atoms with Crippen molar-refractivity contribution in [1.29, 1.82) is 5.26 Å². The average Bonchev–Trinajstić information content (AvgIpc) is 3.25. The quantitative estimate of drug-likeness (QED) is 0.458. The lowest BCUT2D eigenvalue weighted by Gasteiger charge is -2.05. The molecule has 0 saturated heterocycles. The van der Waals surface area contributed by atoms with Gasteiger partial charge in [-0.25, -0.2) is 8.42 Å². The van der Waals surface area contributed by atoms with Gasteiger partial charge in [0.05, 0.1) is 28.3 Å². The van der Waals surface area contributed by atoms with Crippen LogP contribution in [0.2, 0.25) is 0 Å². The van der Waals surface area contributed by atoms with Gasteiger partial charge in [0.1, 0.15) is 17.6 Å². The van der Waals surface area contributed by atoms with E-state index in [1.54, 1.807) is 42.6 Å². The van der Waals surface area contributed by atoms with Crippen LogP contribution in [0.3, 0.4) is 0 Å². The number of benzene rings is 2. The Balaban J connectivity index is 1.38. The maximum atomic E-state index is 12.3. The van der Waals surface area contributed by atoms with Gasteiger partial charge in [-0.3, -0.25) is 4.98 Å². The first kappa shape index (κ1) is 19.8. The number of aromatic nitrogens is 1. The van der Waals surface area contributed by atoms with Gasteiger partial charge in [-0.15, -0.1) is 0 Å². The van der Waals surface area contributed by atoms with Crippen molar-refractivity contribution >= 4 is 20.7 Å². The average molecular weight is 417 g/mol. The Morgan fingerprint density at radius 1 is 1.03 bits per heavy atom. The molecular formula is C23H19N3O3S. The zero-order chi connectivity index (χ0) is 21.0. The SMILES string of the molecule is N#Cc1cnc2cc(-c3ccc(CNCCS(=O)(=O)c4ccccc4)o3)ccc2c1. The molecule has 0 saturated carbocycles. The molecule has 0 fully saturated rings. The maximum absolute atomic E-state index is 12.3. The summed E-state index contributed by atoms with van der Waals surface area (Å²) in [5, 5.41) is 13.0. The highest BCUT2D eigenvalue weighted by atomic mass is 32.2. The molecule has 30 heavy (non-hydrogen) atoms. The summed E-state index contributed by atoms with van der Waals surface area (Å²) in [6.45, 7) is 0.760. The smallest absolute Gasteiger partial charge is 0.179 e. The van der Waals surface area contributed by atoms with Gasteiger partial charge in [-0.2, -0.15) is 5.26 Å². The van der Waals surface area contributed by atoms with E-state index in [1.807, 2.05) is 30.3 Å². The van der Waals surface area contributed by atoms with E-state index in [-0.39, 0.29) is 5.75 Å². The molecule has 0 aliphatic heterocycles. The predicted molar refractivity (Wildman–Crippen MR) is 114 cm³/mol. The Morgan fingerprint density at radius 3 is 2.67 bits per heavy atom. The molecule has 0 amide bonds. The monoisotopic (exact) mass is 417 g/mol. The van der Waals surface area contributed by atoms with Crippen molar-refractivity contribution in [3.8, 4) is 17.4 Å². The molecule has 4 aromatic rings. The fourth-order valence-corrected chi connectivity index (χ4v) is 4.35. The van der Waals surface area contributed by atoms with Crippen LogP contribution in [0.1, 0.15) is 11.3 Å². The van der Waals surface area contributed by atoms with Crippen LogP contribution in [0.4, 0.5) is 0 Å². The highest BCUT2D eigenvalue weighted by Crippen LogP contribution is 2.25. The fraction of sp³-hybridized carbons (Fsp3) is 0.130. The van der Waals surface area contributed by atoms with E-state index in [0.717, 1.165) is 22.2 Å². The maximum Gasteiger partial charge on any atom is 0.179 e. The van der Waals surface area contributed by atoms with Crippen LogP contribution in [-0.4, -0.2) is 25.7 Å². The van der Waals surface area contributed by atoms with Gasteiger partial charge in [0.2, 0.25) is 0 Å². The number of rotatable bonds is 7. The van der Waals surface area contributed by atoms with E-state index < -0.39 is 9.84 Å². The van der Waals surface area contributed by atoms with Crippen molar-refractivity contribution in [2.24, 2.45) is 0 Å². The van der Waals surface area contributed by atoms with E-state index in [2.05, 4.69) is 16.4 Å². The van der Waals surface area contributed by atoms with E-state index in [9.17, 15) is 8.42 Å². The second kappa shape index (κ2) is 8.49. The Kier molecular flexibility index (Phi) is 5.61. The molecule has 2 aromatic carbocycles. The van der Waals surface area contributed by atoms with Gasteiger partial charge in [0.15, 0.2) is 9.84 Å². The van der Waals surface area contributed by atoms with Crippen molar-refractivity contribution in [1.82, 2.24) is 10.3 Å². The van der Waals surface area contributed by atoms with E-state index in [0.29, 0.717) is 29.3 Å². The van der Waals surface area contributed by atoms with Crippen LogP contribution in [0.15, 0.2) is 82.2 Å². The van der Waals surface area contributed by atoms with Gasteiger partial charge in [0.25, 0.3) is 0 Å². The van der Waals surface area contributed by atoms with Gasteiger partial charge in [-0.1, -0.05) is 30.3 Å². The van der Waals surface area contributed by atoms with Crippen LogP contribution in [0.25, 0.3) is 22.2 Å². The molecule has 150 valence electrons. The van der Waals surface area contributed by atoms with E-state index >= 15 is 0 Å². The molecular weight excluding hydrogens is 398 g/mol. The summed E-state index contributed by atoms with van der Waals surface area (Å²) < 4.78 is 30.5. The summed E-state index contributed by atoms with van der Waals surface area (Å²) in [4.78, 5) is 4.65. The molecule has 0 aliphatic rings. The standard InChI is InChI=1S/C23H19N3O3S/c24-14-17-12-18-6-7-19(13-22(18)26-15-17)23-9-8-20(29-23)16-25-10-11-30(27,28)21-4-2-1-3-5-21/h1-9,12-13,15,25H,10-11,16H2. The Hall–Kier alpha value is -3.47. The fourth-order valence-electron chi connectivity index (χ4n) is 3.13. The summed E-state index contributed by atoms with van der Waals surface area (Å²) >= 11 is 0. The third-order valence-corrected chi connectivity index (χ3v) is 6.44. The van der Waals surface area contributed by atoms with Gasteiger partial charge < -0.3 is 9.73 Å². The molecule has 0 atom stereocenters. The number of nitrogens with zero attached hydrogens (tertiary/aromatic N) is 2. The van der Waals surface area contributed by atoms with Gasteiger partial charge >= 0.3 is 0 Å². The molecule has 0 unspecified atom stereocenters. The summed E-state index contributed by atoms with van der Waals surface area (Å²) in [5.41, 5.74) is 2.20. The van der Waals surface area contributed by atoms with Gasteiger partial charge in [0, 0.05) is 23.7 Å². The Bertz CT molecular complexity index is 1320. The van der Waals surface area contributed by atoms with Gasteiger partial charge in [-0.05, 0) is 36.4 Å². The lowest BCUT2D eigenvalue weighted by molar-refractivity contribution is 0.497. The van der Waals surface area contributed by atoms with Crippen molar-refractivity contribution in [2.75, 3.05) is 12.3 Å². The predicted octanol–water partition coefficient (Wildman–Crippen LogP) is 3.93. The summed E-state index contributed by atoms with van der Waals surface area (Å²) in [6.07, 6.45) is 1.55.